The van der Waals surface area contributed by atoms with Crippen molar-refractivity contribution < 1.29 is 14.0 Å². The van der Waals surface area contributed by atoms with Gasteiger partial charge in [-0.2, -0.15) is 0 Å². The molecule has 1 N–H and O–H groups in total. The second-order valence-corrected chi connectivity index (χ2v) is 12.0. The lowest BCUT2D eigenvalue weighted by atomic mass is 9.83. The second-order valence-electron chi connectivity index (χ2n) is 10.8. The van der Waals surface area contributed by atoms with Gasteiger partial charge in [-0.3, -0.25) is 9.59 Å². The lowest BCUT2D eigenvalue weighted by Gasteiger charge is -2.47. The molecule has 3 heterocycles. The van der Waals surface area contributed by atoms with Gasteiger partial charge in [-0.05, 0) is 54.7 Å². The van der Waals surface area contributed by atoms with Crippen molar-refractivity contribution in [2.24, 2.45) is 0 Å². The molecule has 5 nitrogen and oxygen atoms in total. The van der Waals surface area contributed by atoms with Crippen LogP contribution in [-0.4, -0.2) is 27.3 Å². The van der Waals surface area contributed by atoms with Crippen LogP contribution in [0.5, 0.6) is 0 Å². The summed E-state index contributed by atoms with van der Waals surface area (Å²) in [5.74, 6) is -0.739. The van der Waals surface area contributed by atoms with Gasteiger partial charge in [0.05, 0.1) is 16.8 Å². The van der Waals surface area contributed by atoms with E-state index in [0.29, 0.717) is 17.8 Å². The molecule has 202 valence electrons. The minimum atomic E-state index is -1.29. The van der Waals surface area contributed by atoms with Crippen LogP contribution in [-0.2, 0) is 29.8 Å². The van der Waals surface area contributed by atoms with Gasteiger partial charge in [0.1, 0.15) is 11.5 Å². The van der Waals surface area contributed by atoms with Gasteiger partial charge >= 0.3 is 0 Å². The minimum absolute atomic E-state index is 0.0747. The van der Waals surface area contributed by atoms with Crippen molar-refractivity contribution in [2.45, 2.75) is 76.5 Å². The highest BCUT2D eigenvalue weighted by atomic mass is 32.1. The van der Waals surface area contributed by atoms with Gasteiger partial charge in [-0.1, -0.05) is 75.1 Å². The molecule has 1 unspecified atom stereocenters. The molecule has 0 radical (unpaired) electrons. The van der Waals surface area contributed by atoms with Crippen LogP contribution in [0.25, 0.3) is 10.2 Å². The number of aryl methyl sites for hydroxylation is 1. The number of amides is 2. The summed E-state index contributed by atoms with van der Waals surface area (Å²) in [5, 5.41) is 3.39. The number of hydrogen-bond donors (Lipinski definition) is 1. The lowest BCUT2D eigenvalue weighted by molar-refractivity contribution is -0.136. The highest BCUT2D eigenvalue weighted by Crippen LogP contribution is 2.42. The van der Waals surface area contributed by atoms with Gasteiger partial charge in [0.25, 0.3) is 11.8 Å². The monoisotopic (exact) mass is 543 g/mol. The number of hydrogen-bond acceptors (Lipinski definition) is 3. The van der Waals surface area contributed by atoms with Crippen molar-refractivity contribution in [3.05, 3.63) is 94.2 Å². The number of benzene rings is 2. The molecular weight excluding hydrogens is 509 g/mol. The smallest absolute Gasteiger partial charge is 0.272 e. The first kappa shape index (κ1) is 25.8. The fraction of sp³-hybridized carbons (Fsp3) is 0.375. The lowest BCUT2D eigenvalue weighted by Crippen LogP contribution is -2.63. The number of carbonyl (C=O) groups is 2. The van der Waals surface area contributed by atoms with Crippen LogP contribution in [0.4, 0.5) is 4.39 Å². The number of carbonyl (C=O) groups excluding carboxylic acids is 2. The van der Waals surface area contributed by atoms with E-state index in [9.17, 15) is 14.0 Å². The molecule has 2 aliphatic rings. The third-order valence-corrected chi connectivity index (χ3v) is 9.56. The zero-order chi connectivity index (χ0) is 27.0. The quantitative estimate of drug-likeness (QED) is 0.272. The van der Waals surface area contributed by atoms with E-state index in [-0.39, 0.29) is 30.2 Å². The van der Waals surface area contributed by atoms with E-state index in [1.54, 1.807) is 22.3 Å². The third-order valence-electron chi connectivity index (χ3n) is 8.35. The topological polar surface area (TPSA) is 54.3 Å². The Kier molecular flexibility index (Phi) is 7.02. The summed E-state index contributed by atoms with van der Waals surface area (Å²) >= 11 is 1.69. The Morgan fingerprint density at radius 1 is 1.03 bits per heavy atom. The summed E-state index contributed by atoms with van der Waals surface area (Å²) in [7, 11) is 0. The Hall–Kier alpha value is -3.45. The Labute approximate surface area is 232 Å². The van der Waals surface area contributed by atoms with Crippen LogP contribution in [0.1, 0.15) is 71.9 Å². The molecule has 0 bridgehead atoms. The Bertz CT molecular complexity index is 1500. The molecular formula is C32H34FN3O2S. The summed E-state index contributed by atoms with van der Waals surface area (Å²) < 4.78 is 17.3. The average molecular weight is 544 g/mol. The molecule has 1 fully saturated rings. The molecule has 0 spiro atoms. The number of thiophene rings is 1. The average Bonchev–Trinajstić information content (AvgIpc) is 3.39. The molecule has 7 heteroatoms. The van der Waals surface area contributed by atoms with Crippen molar-refractivity contribution in [2.75, 3.05) is 0 Å². The summed E-state index contributed by atoms with van der Waals surface area (Å²) in [6.45, 7) is 2.56. The second kappa shape index (κ2) is 10.6. The van der Waals surface area contributed by atoms with Gasteiger partial charge in [-0.15, -0.1) is 11.3 Å². The first-order chi connectivity index (χ1) is 19.0. The molecule has 2 aromatic carbocycles. The fourth-order valence-corrected chi connectivity index (χ4v) is 7.32. The maximum absolute atomic E-state index is 14.7. The largest absolute Gasteiger partial charge is 0.351 e. The normalized spacial score (nSPS) is 20.2. The van der Waals surface area contributed by atoms with Gasteiger partial charge in [-0.25, -0.2) is 4.39 Å². The fourth-order valence-electron chi connectivity index (χ4n) is 6.28. The summed E-state index contributed by atoms with van der Waals surface area (Å²) in [6, 6.07) is 20.1. The SMILES string of the molecule is CCc1cc2c(cc3n2CC(C(=O)NC2CCCCCC2)(c2ccccc2)N(Cc2cccc(F)c2)C3=O)s1. The minimum Gasteiger partial charge on any atom is -0.351 e. The van der Waals surface area contributed by atoms with E-state index < -0.39 is 5.54 Å². The van der Waals surface area contributed by atoms with Crippen LogP contribution < -0.4 is 5.32 Å². The molecule has 2 amide bonds. The Morgan fingerprint density at radius 2 is 1.79 bits per heavy atom. The van der Waals surface area contributed by atoms with Crippen LogP contribution in [0.15, 0.2) is 66.7 Å². The molecule has 0 saturated heterocycles. The third kappa shape index (κ3) is 4.67. The molecule has 6 rings (SSSR count). The number of rotatable bonds is 6. The van der Waals surface area contributed by atoms with E-state index in [1.165, 1.54) is 29.9 Å². The summed E-state index contributed by atoms with van der Waals surface area (Å²) in [6.07, 6.45) is 7.35. The number of fused-ring (bicyclic) bond motifs is 3. The van der Waals surface area contributed by atoms with E-state index in [0.717, 1.165) is 47.9 Å². The van der Waals surface area contributed by atoms with Crippen molar-refractivity contribution in [1.29, 1.82) is 0 Å². The van der Waals surface area contributed by atoms with Crippen molar-refractivity contribution in [3.8, 4) is 0 Å². The zero-order valence-corrected chi connectivity index (χ0v) is 23.1. The van der Waals surface area contributed by atoms with Crippen LogP contribution >= 0.6 is 11.3 Å². The first-order valence-electron chi connectivity index (χ1n) is 14.0. The van der Waals surface area contributed by atoms with E-state index in [1.807, 2.05) is 47.0 Å². The van der Waals surface area contributed by atoms with Crippen LogP contribution in [0.2, 0.25) is 0 Å². The van der Waals surface area contributed by atoms with Crippen LogP contribution in [0.3, 0.4) is 0 Å². The van der Waals surface area contributed by atoms with Gasteiger partial charge < -0.3 is 14.8 Å². The maximum atomic E-state index is 14.7. The standard InChI is InChI=1S/C32H34FN3O2S/c1-2-26-18-27-29(39-26)19-28-30(37)36(20-22-11-10-14-24(33)17-22)32(21-35(27)28,23-12-6-5-7-13-23)31(38)34-25-15-8-3-4-9-16-25/h5-7,10-14,17-19,25H,2-4,8-9,15-16,20-21H2,1H3,(H,34,38). The number of aromatic nitrogens is 1. The van der Waals surface area contributed by atoms with Gasteiger partial charge in [0, 0.05) is 17.5 Å². The van der Waals surface area contributed by atoms with Crippen LogP contribution in [0, 0.1) is 5.82 Å². The highest BCUT2D eigenvalue weighted by Gasteiger charge is 2.53. The molecule has 1 aliphatic carbocycles. The number of nitrogens with zero attached hydrogens (tertiary/aromatic N) is 2. The molecule has 39 heavy (non-hydrogen) atoms. The molecule has 1 saturated carbocycles. The first-order valence-corrected chi connectivity index (χ1v) is 14.9. The Balaban J connectivity index is 1.52. The van der Waals surface area contributed by atoms with E-state index >= 15 is 0 Å². The maximum Gasteiger partial charge on any atom is 0.272 e. The van der Waals surface area contributed by atoms with Crippen molar-refractivity contribution >= 4 is 33.4 Å². The predicted octanol–water partition coefficient (Wildman–Crippen LogP) is 6.79. The summed E-state index contributed by atoms with van der Waals surface area (Å²) in [4.78, 5) is 32.0. The van der Waals surface area contributed by atoms with E-state index in [2.05, 4.69) is 18.3 Å². The predicted molar refractivity (Wildman–Crippen MR) is 153 cm³/mol. The Morgan fingerprint density at radius 3 is 2.51 bits per heavy atom. The van der Waals surface area contributed by atoms with Gasteiger partial charge in [0.2, 0.25) is 0 Å². The van der Waals surface area contributed by atoms with Gasteiger partial charge in [0.15, 0.2) is 5.54 Å². The number of nitrogens with one attached hydrogen (secondary N) is 1. The summed E-state index contributed by atoms with van der Waals surface area (Å²) in [5.41, 5.74) is 1.70. The molecule has 4 aromatic rings. The highest BCUT2D eigenvalue weighted by molar-refractivity contribution is 7.19. The molecule has 1 aliphatic heterocycles. The van der Waals surface area contributed by atoms with E-state index in [4.69, 9.17) is 0 Å². The molecule has 2 aromatic heterocycles. The van der Waals surface area contributed by atoms with Crippen molar-refractivity contribution in [3.63, 3.8) is 0 Å². The number of halogens is 1. The molecule has 1 atom stereocenters. The zero-order valence-electron chi connectivity index (χ0n) is 22.3. The van der Waals surface area contributed by atoms with Crippen molar-refractivity contribution in [1.82, 2.24) is 14.8 Å².